The Morgan fingerprint density at radius 1 is 1.50 bits per heavy atom. The van der Waals surface area contributed by atoms with E-state index < -0.39 is 5.97 Å². The van der Waals surface area contributed by atoms with Gasteiger partial charge in [-0.15, -0.1) is 16.4 Å². The van der Waals surface area contributed by atoms with Crippen molar-refractivity contribution in [2.45, 2.75) is 6.54 Å². The van der Waals surface area contributed by atoms with Crippen molar-refractivity contribution in [3.05, 3.63) is 40.2 Å². The molecule has 0 aliphatic heterocycles. The molecule has 0 spiro atoms. The summed E-state index contributed by atoms with van der Waals surface area (Å²) in [6.45, 7) is 0.552. The fourth-order valence-corrected chi connectivity index (χ4v) is 1.86. The molecule has 6 heteroatoms. The molecule has 0 aliphatic carbocycles. The Bertz CT molecular complexity index is 485. The summed E-state index contributed by atoms with van der Waals surface area (Å²) in [6, 6.07) is 5.33. The first-order valence-electron chi connectivity index (χ1n) is 4.58. The molecule has 0 aromatic carbocycles. The first kappa shape index (κ1) is 10.6. The highest BCUT2D eigenvalue weighted by Gasteiger charge is 2.10. The van der Waals surface area contributed by atoms with Crippen molar-refractivity contribution in [3.63, 3.8) is 0 Å². The summed E-state index contributed by atoms with van der Waals surface area (Å²) < 4.78 is 0. The molecule has 0 saturated carbocycles. The lowest BCUT2D eigenvalue weighted by Crippen LogP contribution is -2.08. The Morgan fingerprint density at radius 2 is 2.38 bits per heavy atom. The number of carboxylic acid groups (broad SMARTS) is 1. The van der Waals surface area contributed by atoms with Crippen LogP contribution in [0.2, 0.25) is 0 Å². The van der Waals surface area contributed by atoms with Crippen LogP contribution in [0.4, 0.5) is 5.82 Å². The zero-order valence-corrected chi connectivity index (χ0v) is 9.07. The third-order valence-corrected chi connectivity index (χ3v) is 2.84. The van der Waals surface area contributed by atoms with Gasteiger partial charge in [-0.25, -0.2) is 4.79 Å². The molecule has 2 aromatic rings. The van der Waals surface area contributed by atoms with Gasteiger partial charge < -0.3 is 10.4 Å². The summed E-state index contributed by atoms with van der Waals surface area (Å²) in [5.74, 6) is -0.716. The molecule has 2 aromatic heterocycles. The molecular formula is C10H9N3O2S. The van der Waals surface area contributed by atoms with Crippen LogP contribution in [0.25, 0.3) is 0 Å². The minimum atomic E-state index is -1.01. The van der Waals surface area contributed by atoms with Gasteiger partial charge in [-0.3, -0.25) is 0 Å². The minimum absolute atomic E-state index is 0.131. The first-order valence-corrected chi connectivity index (χ1v) is 5.46. The summed E-state index contributed by atoms with van der Waals surface area (Å²) >= 11 is 1.60. The molecule has 16 heavy (non-hydrogen) atoms. The Balaban J connectivity index is 2.12. The third-order valence-electron chi connectivity index (χ3n) is 1.96. The second-order valence-corrected chi connectivity index (χ2v) is 4.06. The molecule has 2 N–H and O–H groups in total. The smallest absolute Gasteiger partial charge is 0.339 e. The number of nitrogens with one attached hydrogen (secondary N) is 1. The topological polar surface area (TPSA) is 75.1 Å². The van der Waals surface area contributed by atoms with Crippen LogP contribution in [-0.2, 0) is 6.54 Å². The molecule has 5 nitrogen and oxygen atoms in total. The highest BCUT2D eigenvalue weighted by molar-refractivity contribution is 7.09. The van der Waals surface area contributed by atoms with Gasteiger partial charge >= 0.3 is 5.97 Å². The summed E-state index contributed by atoms with van der Waals surface area (Å²) in [5, 5.41) is 21.3. The van der Waals surface area contributed by atoms with E-state index in [1.165, 1.54) is 12.3 Å². The van der Waals surface area contributed by atoms with Gasteiger partial charge in [0, 0.05) is 4.88 Å². The molecular weight excluding hydrogens is 226 g/mol. The van der Waals surface area contributed by atoms with Gasteiger partial charge in [-0.2, -0.15) is 5.10 Å². The number of thiophene rings is 1. The average molecular weight is 235 g/mol. The van der Waals surface area contributed by atoms with Crippen LogP contribution in [0.5, 0.6) is 0 Å². The maximum Gasteiger partial charge on any atom is 0.339 e. The predicted molar refractivity (Wildman–Crippen MR) is 60.6 cm³/mol. The van der Waals surface area contributed by atoms with Gasteiger partial charge in [0.05, 0.1) is 12.7 Å². The lowest BCUT2D eigenvalue weighted by molar-refractivity contribution is 0.0697. The number of carbonyl (C=O) groups is 1. The number of carboxylic acids is 1. The number of aromatic carboxylic acids is 1. The SMILES string of the molecule is O=C(O)c1ccnnc1NCc1cccs1. The van der Waals surface area contributed by atoms with Gasteiger partial charge in [0.25, 0.3) is 0 Å². The zero-order valence-electron chi connectivity index (χ0n) is 8.25. The zero-order chi connectivity index (χ0) is 11.4. The van der Waals surface area contributed by atoms with Crippen molar-refractivity contribution in [3.8, 4) is 0 Å². The van der Waals surface area contributed by atoms with Crippen LogP contribution >= 0.6 is 11.3 Å². The van der Waals surface area contributed by atoms with Gasteiger partial charge in [0.15, 0.2) is 5.82 Å². The molecule has 0 aliphatic rings. The van der Waals surface area contributed by atoms with Crippen molar-refractivity contribution >= 4 is 23.1 Å². The van der Waals surface area contributed by atoms with Crippen LogP contribution in [0.1, 0.15) is 15.2 Å². The molecule has 0 fully saturated rings. The van der Waals surface area contributed by atoms with E-state index in [1.54, 1.807) is 11.3 Å². The Labute approximate surface area is 95.8 Å². The lowest BCUT2D eigenvalue weighted by atomic mass is 10.3. The van der Waals surface area contributed by atoms with Crippen molar-refractivity contribution in [2.24, 2.45) is 0 Å². The molecule has 0 atom stereocenters. The summed E-state index contributed by atoms with van der Waals surface area (Å²) in [7, 11) is 0. The van der Waals surface area contributed by atoms with Gasteiger partial charge in [-0.05, 0) is 17.5 Å². The van der Waals surface area contributed by atoms with Crippen molar-refractivity contribution in [1.82, 2.24) is 10.2 Å². The van der Waals surface area contributed by atoms with E-state index >= 15 is 0 Å². The molecule has 0 amide bonds. The van der Waals surface area contributed by atoms with Gasteiger partial charge in [0.1, 0.15) is 5.56 Å². The van der Waals surface area contributed by atoms with E-state index in [4.69, 9.17) is 5.11 Å². The van der Waals surface area contributed by atoms with Crippen molar-refractivity contribution in [1.29, 1.82) is 0 Å². The van der Waals surface area contributed by atoms with E-state index in [0.717, 1.165) is 4.88 Å². The Hall–Kier alpha value is -1.95. The molecule has 0 bridgehead atoms. The van der Waals surface area contributed by atoms with E-state index in [2.05, 4.69) is 15.5 Å². The van der Waals surface area contributed by atoms with Crippen molar-refractivity contribution in [2.75, 3.05) is 5.32 Å². The van der Waals surface area contributed by atoms with Crippen molar-refractivity contribution < 1.29 is 9.90 Å². The fourth-order valence-electron chi connectivity index (χ4n) is 1.22. The van der Waals surface area contributed by atoms with Crippen LogP contribution in [0.3, 0.4) is 0 Å². The van der Waals surface area contributed by atoms with Crippen LogP contribution in [-0.4, -0.2) is 21.3 Å². The average Bonchev–Trinajstić information content (AvgIpc) is 2.79. The fraction of sp³-hybridized carbons (Fsp3) is 0.100. The molecule has 0 saturated heterocycles. The summed E-state index contributed by atoms with van der Waals surface area (Å²) in [5.41, 5.74) is 0.131. The standard InChI is InChI=1S/C10H9N3O2S/c14-10(15)8-3-4-12-13-9(8)11-6-7-2-1-5-16-7/h1-5H,6H2,(H,11,13)(H,14,15). The van der Waals surface area contributed by atoms with E-state index in [9.17, 15) is 4.79 Å². The quantitative estimate of drug-likeness (QED) is 0.845. The van der Waals surface area contributed by atoms with Gasteiger partial charge in [-0.1, -0.05) is 6.07 Å². The van der Waals surface area contributed by atoms with E-state index in [-0.39, 0.29) is 5.56 Å². The molecule has 82 valence electrons. The number of nitrogens with zero attached hydrogens (tertiary/aromatic N) is 2. The Kier molecular flexibility index (Phi) is 3.11. The molecule has 2 rings (SSSR count). The number of aromatic nitrogens is 2. The third kappa shape index (κ3) is 2.34. The first-order chi connectivity index (χ1) is 7.77. The normalized spacial score (nSPS) is 10.0. The number of hydrogen-bond acceptors (Lipinski definition) is 5. The van der Waals surface area contributed by atoms with Crippen LogP contribution in [0, 0.1) is 0 Å². The second kappa shape index (κ2) is 4.71. The van der Waals surface area contributed by atoms with Crippen LogP contribution < -0.4 is 5.32 Å². The summed E-state index contributed by atoms with van der Waals surface area (Å²) in [6.07, 6.45) is 1.36. The molecule has 2 heterocycles. The highest BCUT2D eigenvalue weighted by atomic mass is 32.1. The number of anilines is 1. The lowest BCUT2D eigenvalue weighted by Gasteiger charge is -2.05. The largest absolute Gasteiger partial charge is 0.478 e. The number of hydrogen-bond donors (Lipinski definition) is 2. The van der Waals surface area contributed by atoms with Crippen LogP contribution in [0.15, 0.2) is 29.8 Å². The second-order valence-electron chi connectivity index (χ2n) is 3.03. The van der Waals surface area contributed by atoms with E-state index in [1.807, 2.05) is 17.5 Å². The minimum Gasteiger partial charge on any atom is -0.478 e. The van der Waals surface area contributed by atoms with E-state index in [0.29, 0.717) is 12.4 Å². The summed E-state index contributed by atoms with van der Waals surface area (Å²) in [4.78, 5) is 12.0. The maximum absolute atomic E-state index is 10.9. The monoisotopic (exact) mass is 235 g/mol. The number of rotatable bonds is 4. The predicted octanol–water partition coefficient (Wildman–Crippen LogP) is 1.85. The van der Waals surface area contributed by atoms with Gasteiger partial charge in [0.2, 0.25) is 0 Å². The molecule has 0 unspecified atom stereocenters. The Morgan fingerprint density at radius 3 is 3.06 bits per heavy atom. The maximum atomic E-state index is 10.9. The highest BCUT2D eigenvalue weighted by Crippen LogP contribution is 2.14. The molecule has 0 radical (unpaired) electrons.